The first-order valence-electron chi connectivity index (χ1n) is 10.1. The van der Waals surface area contributed by atoms with Gasteiger partial charge in [0, 0.05) is 26.2 Å². The Balaban J connectivity index is 1.66. The number of unbranched alkanes of at least 4 members (excludes halogenated alkanes) is 1. The minimum atomic E-state index is -0.556. The fraction of sp³-hybridized carbons (Fsp3) is 0.400. The number of anilines is 1. The number of aromatic amines is 1. The van der Waals surface area contributed by atoms with E-state index >= 15 is 0 Å². The Morgan fingerprint density at radius 2 is 2.06 bits per heavy atom. The monoisotopic (exact) mass is 444 g/mol. The fourth-order valence-corrected chi connectivity index (χ4v) is 3.24. The summed E-state index contributed by atoms with van der Waals surface area (Å²) in [5, 5.41) is 13.9. The van der Waals surface area contributed by atoms with E-state index in [0.29, 0.717) is 18.1 Å². The van der Waals surface area contributed by atoms with Gasteiger partial charge >= 0.3 is 11.7 Å². The number of esters is 1. The lowest BCUT2D eigenvalue weighted by Gasteiger charge is -2.07. The molecule has 2 aromatic heterocycles. The van der Waals surface area contributed by atoms with Crippen LogP contribution >= 0.6 is 0 Å². The minimum Gasteiger partial charge on any atom is -0.457 e. The number of rotatable bonds is 10. The molecule has 0 saturated heterocycles. The number of benzene rings is 1. The molecule has 0 amide bonds. The van der Waals surface area contributed by atoms with Gasteiger partial charge in [0.15, 0.2) is 11.2 Å². The van der Waals surface area contributed by atoms with Crippen LogP contribution in [0, 0.1) is 10.1 Å². The van der Waals surface area contributed by atoms with Crippen molar-refractivity contribution in [1.82, 2.24) is 19.1 Å². The van der Waals surface area contributed by atoms with Crippen molar-refractivity contribution >= 4 is 28.5 Å². The van der Waals surface area contributed by atoms with Crippen molar-refractivity contribution < 1.29 is 14.5 Å². The van der Waals surface area contributed by atoms with E-state index in [-0.39, 0.29) is 36.4 Å². The van der Waals surface area contributed by atoms with Crippen LogP contribution in [0.25, 0.3) is 11.2 Å². The second-order valence-electron chi connectivity index (χ2n) is 7.14. The maximum absolute atomic E-state index is 12.3. The molecule has 170 valence electrons. The summed E-state index contributed by atoms with van der Waals surface area (Å²) in [5.74, 6) is -0.221. The second kappa shape index (κ2) is 9.90. The summed E-state index contributed by atoms with van der Waals surface area (Å²) in [6, 6.07) is 6.13. The predicted octanol–water partition coefficient (Wildman–Crippen LogP) is 1.68. The van der Waals surface area contributed by atoms with E-state index in [9.17, 15) is 24.5 Å². The molecule has 2 N–H and O–H groups in total. The Bertz CT molecular complexity index is 1260. The van der Waals surface area contributed by atoms with E-state index in [1.165, 1.54) is 15.2 Å². The van der Waals surface area contributed by atoms with Gasteiger partial charge in [0.05, 0.1) is 11.3 Å². The largest absolute Gasteiger partial charge is 0.457 e. The lowest BCUT2D eigenvalue weighted by molar-refractivity contribution is -0.384. The highest BCUT2D eigenvalue weighted by Gasteiger charge is 2.18. The molecule has 0 unspecified atom stereocenters. The maximum atomic E-state index is 12.3. The molecule has 12 heteroatoms. The van der Waals surface area contributed by atoms with Crippen LogP contribution in [0.1, 0.15) is 32.0 Å². The lowest BCUT2D eigenvalue weighted by atomic mass is 10.2. The van der Waals surface area contributed by atoms with Crippen molar-refractivity contribution in [3.05, 3.63) is 61.0 Å². The van der Waals surface area contributed by atoms with Crippen molar-refractivity contribution in [2.24, 2.45) is 7.05 Å². The normalized spacial score (nSPS) is 10.9. The molecule has 0 saturated carbocycles. The molecule has 0 atom stereocenters. The summed E-state index contributed by atoms with van der Waals surface area (Å²) in [4.78, 5) is 53.7. The molecule has 1 aromatic carbocycles. The number of nitrogens with one attached hydrogen (secondary N) is 2. The topological polar surface area (TPSA) is 154 Å². The minimum absolute atomic E-state index is 0.0300. The van der Waals surface area contributed by atoms with Gasteiger partial charge in [-0.3, -0.25) is 29.3 Å². The standard InChI is InChI=1S/C20H24N6O6/c1-3-4-11-25-18-17(19(28)23-20(25)29)24(2)15(22-18)12-32-16(27)9-10-21-13-7-5-6-8-14(13)26(30)31/h5-8,21H,3-4,9-12H2,1-2H3,(H,23,28,29). The van der Waals surface area contributed by atoms with E-state index in [1.54, 1.807) is 25.2 Å². The summed E-state index contributed by atoms with van der Waals surface area (Å²) in [6.45, 7) is 2.36. The summed E-state index contributed by atoms with van der Waals surface area (Å²) in [6.07, 6.45) is 1.58. The molecule has 0 aliphatic rings. The fourth-order valence-electron chi connectivity index (χ4n) is 3.24. The summed E-state index contributed by atoms with van der Waals surface area (Å²) in [5.41, 5.74) is -0.383. The number of carbonyl (C=O) groups excluding carboxylic acids is 1. The number of H-pyrrole nitrogens is 1. The van der Waals surface area contributed by atoms with Crippen LogP contribution in [0.4, 0.5) is 11.4 Å². The van der Waals surface area contributed by atoms with Gasteiger partial charge in [-0.1, -0.05) is 25.5 Å². The summed E-state index contributed by atoms with van der Waals surface area (Å²) >= 11 is 0. The Kier molecular flexibility index (Phi) is 7.03. The van der Waals surface area contributed by atoms with Crippen LogP contribution in [0.3, 0.4) is 0 Å². The zero-order chi connectivity index (χ0) is 23.3. The average Bonchev–Trinajstić information content (AvgIpc) is 3.09. The molecule has 0 aliphatic heterocycles. The van der Waals surface area contributed by atoms with E-state index in [1.807, 2.05) is 6.92 Å². The first-order chi connectivity index (χ1) is 15.3. The molecule has 0 radical (unpaired) electrons. The molecule has 3 rings (SSSR count). The third kappa shape index (κ3) is 4.85. The molecular formula is C20H24N6O6. The van der Waals surface area contributed by atoms with Crippen LogP contribution in [0.2, 0.25) is 0 Å². The number of nitro groups is 1. The number of hydrogen-bond donors (Lipinski definition) is 2. The van der Waals surface area contributed by atoms with Gasteiger partial charge in [0.2, 0.25) is 0 Å². The SMILES string of the molecule is CCCCn1c(=O)[nH]c(=O)c2c1nc(COC(=O)CCNc1ccccc1[N+](=O)[O-])n2C. The number of aryl methyl sites for hydroxylation is 2. The molecule has 3 aromatic rings. The zero-order valence-electron chi connectivity index (χ0n) is 17.8. The number of para-hydroxylation sites is 2. The van der Waals surface area contributed by atoms with Crippen LogP contribution < -0.4 is 16.6 Å². The van der Waals surface area contributed by atoms with Gasteiger partial charge in [-0.2, -0.15) is 0 Å². The van der Waals surface area contributed by atoms with Gasteiger partial charge < -0.3 is 14.6 Å². The highest BCUT2D eigenvalue weighted by molar-refractivity contribution is 5.72. The summed E-state index contributed by atoms with van der Waals surface area (Å²) < 4.78 is 8.15. The molecule has 0 aliphatic carbocycles. The molecule has 12 nitrogen and oxygen atoms in total. The zero-order valence-corrected chi connectivity index (χ0v) is 17.8. The van der Waals surface area contributed by atoms with E-state index < -0.39 is 22.1 Å². The molecule has 0 fully saturated rings. The molecule has 0 spiro atoms. The van der Waals surface area contributed by atoms with Gasteiger partial charge in [0.25, 0.3) is 11.2 Å². The Hall–Kier alpha value is -3.96. The van der Waals surface area contributed by atoms with Gasteiger partial charge in [-0.15, -0.1) is 0 Å². The van der Waals surface area contributed by atoms with Crippen molar-refractivity contribution in [1.29, 1.82) is 0 Å². The quantitative estimate of drug-likeness (QED) is 0.272. The molecular weight excluding hydrogens is 420 g/mol. The van der Waals surface area contributed by atoms with Crippen LogP contribution in [0.15, 0.2) is 33.9 Å². The third-order valence-electron chi connectivity index (χ3n) is 4.95. The van der Waals surface area contributed by atoms with Crippen molar-refractivity contribution in [3.63, 3.8) is 0 Å². The Morgan fingerprint density at radius 3 is 2.78 bits per heavy atom. The van der Waals surface area contributed by atoms with Crippen LogP contribution in [-0.4, -0.2) is 36.5 Å². The predicted molar refractivity (Wildman–Crippen MR) is 117 cm³/mol. The van der Waals surface area contributed by atoms with Crippen LogP contribution in [0.5, 0.6) is 0 Å². The highest BCUT2D eigenvalue weighted by Crippen LogP contribution is 2.23. The van der Waals surface area contributed by atoms with E-state index in [2.05, 4.69) is 15.3 Å². The lowest BCUT2D eigenvalue weighted by Crippen LogP contribution is -2.31. The number of imidazole rings is 1. The third-order valence-corrected chi connectivity index (χ3v) is 4.95. The van der Waals surface area contributed by atoms with Crippen molar-refractivity contribution in [2.45, 2.75) is 39.3 Å². The maximum Gasteiger partial charge on any atom is 0.330 e. The number of carbonyl (C=O) groups is 1. The first kappa shape index (κ1) is 22.7. The number of nitrogens with zero attached hydrogens (tertiary/aromatic N) is 4. The first-order valence-corrected chi connectivity index (χ1v) is 10.1. The average molecular weight is 444 g/mol. The smallest absolute Gasteiger partial charge is 0.330 e. The number of aromatic nitrogens is 4. The van der Waals surface area contributed by atoms with E-state index in [0.717, 1.165) is 12.8 Å². The molecule has 0 bridgehead atoms. The van der Waals surface area contributed by atoms with Gasteiger partial charge in [-0.05, 0) is 12.5 Å². The number of nitro benzene ring substituents is 1. The van der Waals surface area contributed by atoms with Crippen molar-refractivity contribution in [3.8, 4) is 0 Å². The van der Waals surface area contributed by atoms with E-state index in [4.69, 9.17) is 4.74 Å². The number of ether oxygens (including phenoxy) is 1. The number of hydrogen-bond acceptors (Lipinski definition) is 8. The van der Waals surface area contributed by atoms with Gasteiger partial charge in [0.1, 0.15) is 18.1 Å². The highest BCUT2D eigenvalue weighted by atomic mass is 16.6. The van der Waals surface area contributed by atoms with Gasteiger partial charge in [-0.25, -0.2) is 9.78 Å². The number of fused-ring (bicyclic) bond motifs is 1. The summed E-state index contributed by atoms with van der Waals surface area (Å²) in [7, 11) is 1.61. The Labute approximate surface area is 182 Å². The van der Waals surface area contributed by atoms with Crippen LogP contribution in [-0.2, 0) is 29.7 Å². The molecule has 32 heavy (non-hydrogen) atoms. The molecule has 2 heterocycles. The second-order valence-corrected chi connectivity index (χ2v) is 7.14. The Morgan fingerprint density at radius 1 is 1.31 bits per heavy atom. The van der Waals surface area contributed by atoms with Crippen molar-refractivity contribution in [2.75, 3.05) is 11.9 Å².